The number of rotatable bonds is 4. The van der Waals surface area contributed by atoms with E-state index in [1.165, 1.54) is 20.2 Å². The largest absolute Gasteiger partial charge is 0.456 e. The van der Waals surface area contributed by atoms with Crippen LogP contribution in [0.4, 0.5) is 0 Å². The molecule has 0 amide bonds. The van der Waals surface area contributed by atoms with Gasteiger partial charge in [-0.1, -0.05) is 76.4 Å². The molecule has 20 radical (unpaired) electrons. The van der Waals surface area contributed by atoms with Crippen LogP contribution in [0.2, 0.25) is 0 Å². The van der Waals surface area contributed by atoms with Crippen LogP contribution in [-0.2, 0) is 0 Å². The van der Waals surface area contributed by atoms with E-state index in [0.717, 1.165) is 27.5 Å². The van der Waals surface area contributed by atoms with E-state index in [9.17, 15) is 0 Å². The highest BCUT2D eigenvalue weighted by Gasteiger charge is 2.22. The highest BCUT2D eigenvalue weighted by molar-refractivity contribution is 7.26. The molecule has 0 atom stereocenters. The molecule has 0 aliphatic heterocycles. The second kappa shape index (κ2) is 12.8. The first-order valence-corrected chi connectivity index (χ1v) is 17.4. The summed E-state index contributed by atoms with van der Waals surface area (Å²) in [6, 6.07) is 26.6. The molecule has 4 nitrogen and oxygen atoms in total. The van der Waals surface area contributed by atoms with Crippen LogP contribution in [0.25, 0.3) is 87.4 Å². The lowest BCUT2D eigenvalue weighted by atomic mass is 9.60. The molecule has 0 saturated heterocycles. The molecule has 0 spiro atoms. The molecule has 226 valence electrons. The molecule has 9 rings (SSSR count). The summed E-state index contributed by atoms with van der Waals surface area (Å²) in [6.07, 6.45) is 0. The number of aromatic nitrogens is 3. The lowest BCUT2D eigenvalue weighted by Gasteiger charge is -2.22. The Morgan fingerprint density at radius 2 is 0.944 bits per heavy atom. The normalized spacial score (nSPS) is 11.7. The minimum atomic E-state index is 0.0135. The molecule has 0 saturated carbocycles. The average Bonchev–Trinajstić information content (AvgIpc) is 3.76. The molecule has 9 aromatic rings. The number of hydrogen-bond acceptors (Lipinski definition) is 5. The summed E-state index contributed by atoms with van der Waals surface area (Å²) in [7, 11) is 63.0. The van der Waals surface area contributed by atoms with E-state index in [2.05, 4.69) is 53.5 Å². The first kappa shape index (κ1) is 34.7. The Bertz CT molecular complexity index is 2940. The predicted molar refractivity (Wildman–Crippen MR) is 236 cm³/mol. The summed E-state index contributed by atoms with van der Waals surface area (Å²) in [5, 5.41) is 4.31. The summed E-state index contributed by atoms with van der Waals surface area (Å²) in [6.45, 7) is 0. The Morgan fingerprint density at radius 3 is 1.57 bits per heavy atom. The number of fused-ring (bicyclic) bond motifs is 6. The number of hydrogen-bond donors (Lipinski definition) is 0. The van der Waals surface area contributed by atoms with Gasteiger partial charge in [-0.05, 0) is 29.8 Å². The van der Waals surface area contributed by atoms with E-state index in [4.69, 9.17) is 92.8 Å². The number of furan rings is 1. The van der Waals surface area contributed by atoms with Gasteiger partial charge in [0.15, 0.2) is 17.5 Å². The van der Waals surface area contributed by atoms with Gasteiger partial charge in [0.1, 0.15) is 89.6 Å². The fourth-order valence-corrected chi connectivity index (χ4v) is 8.29. The van der Waals surface area contributed by atoms with Crippen molar-refractivity contribution in [2.75, 3.05) is 0 Å². The fraction of sp³-hybridized carbons (Fsp3) is 0. The SMILES string of the molecule is [B]c1c([B])c([B])c(-c2nc(-c3ccc4c(c3)oc3cccc(-c5cccc6c5sc5ccccc56)c34)nc(-c3c([B])c([B])c([B])c([B])c3[B])n2)c([B])c1[B]. The molecule has 54 heavy (non-hydrogen) atoms. The van der Waals surface area contributed by atoms with E-state index in [-0.39, 0.29) is 83.2 Å². The molecule has 0 unspecified atom stereocenters. The molecule has 3 aromatic heterocycles. The topological polar surface area (TPSA) is 51.8 Å². The van der Waals surface area contributed by atoms with Gasteiger partial charge in [0.25, 0.3) is 0 Å². The van der Waals surface area contributed by atoms with Crippen LogP contribution < -0.4 is 54.6 Å². The van der Waals surface area contributed by atoms with E-state index in [0.29, 0.717) is 11.1 Å². The fourth-order valence-electron chi connectivity index (χ4n) is 7.06. The molecular weight excluding hydrogens is 667 g/mol. The summed E-state index contributed by atoms with van der Waals surface area (Å²) in [5.41, 5.74) is 4.56. The van der Waals surface area contributed by atoms with Gasteiger partial charge in [-0.25, -0.2) is 15.0 Å². The minimum Gasteiger partial charge on any atom is -0.456 e. The quantitative estimate of drug-likeness (QED) is 0.219. The maximum absolute atomic E-state index is 6.50. The van der Waals surface area contributed by atoms with Gasteiger partial charge >= 0.3 is 0 Å². The number of nitrogens with zero attached hydrogens (tertiary/aromatic N) is 3. The molecule has 0 fully saturated rings. The maximum Gasteiger partial charge on any atom is 0.164 e. The van der Waals surface area contributed by atoms with Gasteiger partial charge in [0, 0.05) is 53.2 Å². The standard InChI is InChI=1S/C39H13B10N3OS/c40-26-24(27(41)31(45)34(48)30(26)44)38-50-37(51-39(52-38)25-28(42)32(46)35(49)33(47)29(25)43)14-11-12-19-21(13-14)53-20-9-4-6-16(23(19)20)18-8-3-7-17-15-5-1-2-10-22(15)54-36(17)18/h1-13H. The summed E-state index contributed by atoms with van der Waals surface area (Å²) in [5.74, 6) is 0.215. The van der Waals surface area contributed by atoms with Gasteiger partial charge in [-0.2, -0.15) is 0 Å². The van der Waals surface area contributed by atoms with Crippen LogP contribution in [0.5, 0.6) is 0 Å². The van der Waals surface area contributed by atoms with Gasteiger partial charge in [-0.3, -0.25) is 0 Å². The van der Waals surface area contributed by atoms with Crippen LogP contribution in [0, 0.1) is 0 Å². The van der Waals surface area contributed by atoms with Gasteiger partial charge < -0.3 is 4.42 Å². The molecular formula is C39H13B10N3OS. The number of thiophene rings is 1. The zero-order valence-corrected chi connectivity index (χ0v) is 29.3. The van der Waals surface area contributed by atoms with Crippen molar-refractivity contribution in [3.63, 3.8) is 0 Å². The number of benzene rings is 6. The lowest BCUT2D eigenvalue weighted by molar-refractivity contribution is 0.669. The Hall–Kier alpha value is -5.00. The molecule has 15 heteroatoms. The van der Waals surface area contributed by atoms with E-state index in [1.54, 1.807) is 11.3 Å². The molecule has 6 aromatic carbocycles. The van der Waals surface area contributed by atoms with Gasteiger partial charge in [-0.15, -0.1) is 44.1 Å². The Balaban J connectivity index is 1.28. The van der Waals surface area contributed by atoms with Crippen LogP contribution in [0.1, 0.15) is 0 Å². The van der Waals surface area contributed by atoms with Crippen molar-refractivity contribution in [2.45, 2.75) is 0 Å². The Morgan fingerprint density at radius 1 is 0.426 bits per heavy atom. The van der Waals surface area contributed by atoms with Crippen molar-refractivity contribution in [3.8, 4) is 45.3 Å². The van der Waals surface area contributed by atoms with E-state index < -0.39 is 0 Å². The van der Waals surface area contributed by atoms with Crippen LogP contribution >= 0.6 is 11.3 Å². The second-order valence-corrected chi connectivity index (χ2v) is 14.0. The van der Waals surface area contributed by atoms with Crippen molar-refractivity contribution in [1.82, 2.24) is 15.0 Å². The molecule has 0 bridgehead atoms. The molecule has 3 heterocycles. The third-order valence-corrected chi connectivity index (χ3v) is 11.2. The zero-order valence-electron chi connectivity index (χ0n) is 28.4. The second-order valence-electron chi connectivity index (χ2n) is 13.0. The summed E-state index contributed by atoms with van der Waals surface area (Å²) < 4.78 is 8.93. The van der Waals surface area contributed by atoms with Gasteiger partial charge in [0.2, 0.25) is 0 Å². The van der Waals surface area contributed by atoms with Gasteiger partial charge in [0.05, 0.1) is 0 Å². The van der Waals surface area contributed by atoms with Crippen LogP contribution in [0.15, 0.2) is 83.3 Å². The van der Waals surface area contributed by atoms with Crippen LogP contribution in [0.3, 0.4) is 0 Å². The smallest absolute Gasteiger partial charge is 0.164 e. The lowest BCUT2D eigenvalue weighted by Crippen LogP contribution is -2.55. The van der Waals surface area contributed by atoms with E-state index >= 15 is 0 Å². The minimum absolute atomic E-state index is 0.0135. The molecule has 0 aliphatic rings. The zero-order chi connectivity index (χ0) is 37.7. The van der Waals surface area contributed by atoms with Crippen molar-refractivity contribution in [3.05, 3.63) is 78.9 Å². The Kier molecular flexibility index (Phi) is 8.24. The van der Waals surface area contributed by atoms with Crippen molar-refractivity contribution < 1.29 is 4.42 Å². The first-order chi connectivity index (χ1) is 25.9. The Labute approximate surface area is 328 Å². The van der Waals surface area contributed by atoms with Crippen molar-refractivity contribution in [2.24, 2.45) is 0 Å². The summed E-state index contributed by atoms with van der Waals surface area (Å²) >= 11 is 1.77. The van der Waals surface area contributed by atoms with Crippen molar-refractivity contribution >= 4 is 187 Å². The third-order valence-electron chi connectivity index (χ3n) is 9.93. The van der Waals surface area contributed by atoms with Crippen LogP contribution in [-0.4, -0.2) is 93.4 Å². The monoisotopic (exact) mass is 681 g/mol. The molecule has 0 N–H and O–H groups in total. The van der Waals surface area contributed by atoms with E-state index in [1.807, 2.05) is 30.3 Å². The average molecular weight is 680 g/mol. The highest BCUT2D eigenvalue weighted by atomic mass is 32.1. The predicted octanol–water partition coefficient (Wildman–Crippen LogP) is -1.26. The molecule has 0 aliphatic carbocycles. The third kappa shape index (κ3) is 5.15. The first-order valence-electron chi connectivity index (χ1n) is 16.6. The van der Waals surface area contributed by atoms with Crippen molar-refractivity contribution in [1.29, 1.82) is 0 Å². The maximum atomic E-state index is 6.50. The summed E-state index contributed by atoms with van der Waals surface area (Å²) in [4.78, 5) is 14.3. The highest BCUT2D eigenvalue weighted by Crippen LogP contribution is 2.44.